The molecule has 0 saturated heterocycles. The topological polar surface area (TPSA) is 24.9 Å². The van der Waals surface area contributed by atoms with E-state index < -0.39 is 0 Å². The zero-order chi connectivity index (χ0) is 11.8. The van der Waals surface area contributed by atoms with Crippen LogP contribution in [-0.2, 0) is 6.42 Å². The highest BCUT2D eigenvalue weighted by atomic mass is 79.9. The Kier molecular flexibility index (Phi) is 3.22. The van der Waals surface area contributed by atoms with E-state index in [1.165, 1.54) is 25.0 Å². The minimum atomic E-state index is 0.608. The Balaban J connectivity index is 1.63. The van der Waals surface area contributed by atoms with Crippen LogP contribution >= 0.6 is 15.9 Å². The molecule has 17 heavy (non-hydrogen) atoms. The van der Waals surface area contributed by atoms with Crippen LogP contribution < -0.4 is 5.32 Å². The number of rotatable bonds is 4. The van der Waals surface area contributed by atoms with Crippen LogP contribution in [0.5, 0.6) is 0 Å². The van der Waals surface area contributed by atoms with Crippen molar-refractivity contribution in [1.82, 2.24) is 10.3 Å². The zero-order valence-corrected chi connectivity index (χ0v) is 11.8. The Morgan fingerprint density at radius 2 is 2.12 bits per heavy atom. The van der Waals surface area contributed by atoms with Crippen LogP contribution in [0.2, 0.25) is 0 Å². The molecule has 0 amide bonds. The van der Waals surface area contributed by atoms with Crippen molar-refractivity contribution in [2.75, 3.05) is 7.05 Å². The summed E-state index contributed by atoms with van der Waals surface area (Å²) < 4.78 is 1.06. The van der Waals surface area contributed by atoms with Crippen LogP contribution in [-0.4, -0.2) is 18.1 Å². The lowest BCUT2D eigenvalue weighted by atomic mass is 9.91. The first kappa shape index (κ1) is 11.7. The maximum atomic E-state index is 4.48. The van der Waals surface area contributed by atoms with Gasteiger partial charge in [0.1, 0.15) is 0 Å². The number of fused-ring (bicyclic) bond motifs is 1. The molecule has 92 valence electrons. The lowest BCUT2D eigenvalue weighted by Crippen LogP contribution is -2.35. The third-order valence-corrected chi connectivity index (χ3v) is 4.91. The average molecular weight is 295 g/mol. The summed E-state index contributed by atoms with van der Waals surface area (Å²) in [6.07, 6.45) is 7.34. The average Bonchev–Trinajstić information content (AvgIpc) is 2.95. The molecule has 1 aromatic heterocycles. The number of pyridine rings is 1. The molecule has 2 aliphatic carbocycles. The molecular formula is C14H19BrN2. The molecule has 3 heteroatoms. The van der Waals surface area contributed by atoms with E-state index in [1.54, 1.807) is 0 Å². The molecule has 0 aromatic carbocycles. The highest BCUT2D eigenvalue weighted by Gasteiger charge is 2.47. The van der Waals surface area contributed by atoms with Crippen molar-refractivity contribution in [3.05, 3.63) is 28.5 Å². The van der Waals surface area contributed by atoms with Crippen LogP contribution in [0.3, 0.4) is 0 Å². The molecule has 2 fully saturated rings. The number of halogens is 1. The van der Waals surface area contributed by atoms with Gasteiger partial charge < -0.3 is 5.32 Å². The molecule has 0 spiro atoms. The second-order valence-electron chi connectivity index (χ2n) is 5.55. The SMILES string of the molecule is CNC(Cc1ccc(Br)cn1)C1CC2CC2C1. The molecule has 2 saturated carbocycles. The first-order chi connectivity index (χ1) is 8.26. The normalized spacial score (nSPS) is 32.2. The molecule has 3 unspecified atom stereocenters. The number of likely N-dealkylation sites (N-methyl/N-ethyl adjacent to an activating group) is 1. The van der Waals surface area contributed by atoms with Gasteiger partial charge >= 0.3 is 0 Å². The maximum absolute atomic E-state index is 4.48. The third-order valence-electron chi connectivity index (χ3n) is 4.44. The van der Waals surface area contributed by atoms with Crippen molar-refractivity contribution in [3.8, 4) is 0 Å². The van der Waals surface area contributed by atoms with Gasteiger partial charge in [-0.3, -0.25) is 4.98 Å². The van der Waals surface area contributed by atoms with Gasteiger partial charge in [-0.05, 0) is 72.1 Å². The zero-order valence-electron chi connectivity index (χ0n) is 10.2. The first-order valence-corrected chi connectivity index (χ1v) is 7.33. The van der Waals surface area contributed by atoms with E-state index in [2.05, 4.69) is 45.4 Å². The van der Waals surface area contributed by atoms with E-state index in [0.29, 0.717) is 6.04 Å². The lowest BCUT2D eigenvalue weighted by Gasteiger charge is -2.24. The standard InChI is InChI=1S/C14H19BrN2/c1-16-14(11-5-9-4-10(9)6-11)7-13-3-2-12(15)8-17-13/h2-3,8-11,14,16H,4-7H2,1H3. The maximum Gasteiger partial charge on any atom is 0.0420 e. The van der Waals surface area contributed by atoms with Gasteiger partial charge in [-0.15, -0.1) is 0 Å². The van der Waals surface area contributed by atoms with Gasteiger partial charge in [-0.1, -0.05) is 0 Å². The Hall–Kier alpha value is -0.410. The van der Waals surface area contributed by atoms with Gasteiger partial charge in [-0.2, -0.15) is 0 Å². The minimum absolute atomic E-state index is 0.608. The van der Waals surface area contributed by atoms with Crippen LogP contribution in [0.15, 0.2) is 22.8 Å². The van der Waals surface area contributed by atoms with Crippen molar-refractivity contribution < 1.29 is 0 Å². The van der Waals surface area contributed by atoms with Gasteiger partial charge in [0.2, 0.25) is 0 Å². The second-order valence-corrected chi connectivity index (χ2v) is 6.47. The van der Waals surface area contributed by atoms with Gasteiger partial charge in [0.25, 0.3) is 0 Å². The fraction of sp³-hybridized carbons (Fsp3) is 0.643. The molecule has 1 aromatic rings. The molecule has 2 nitrogen and oxygen atoms in total. The number of hydrogen-bond donors (Lipinski definition) is 1. The Bertz CT molecular complexity index is 380. The summed E-state index contributed by atoms with van der Waals surface area (Å²) in [4.78, 5) is 4.48. The van der Waals surface area contributed by atoms with Gasteiger partial charge in [0.05, 0.1) is 0 Å². The first-order valence-electron chi connectivity index (χ1n) is 6.54. The van der Waals surface area contributed by atoms with Crippen LogP contribution in [0, 0.1) is 17.8 Å². The van der Waals surface area contributed by atoms with Crippen molar-refractivity contribution in [3.63, 3.8) is 0 Å². The summed E-state index contributed by atoms with van der Waals surface area (Å²) in [5.41, 5.74) is 1.20. The highest BCUT2D eigenvalue weighted by Crippen LogP contribution is 2.55. The van der Waals surface area contributed by atoms with Crippen molar-refractivity contribution in [2.24, 2.45) is 17.8 Å². The van der Waals surface area contributed by atoms with Crippen molar-refractivity contribution >= 4 is 15.9 Å². The quantitative estimate of drug-likeness (QED) is 0.923. The molecule has 1 heterocycles. The molecule has 0 aliphatic heterocycles. The summed E-state index contributed by atoms with van der Waals surface area (Å²) in [6, 6.07) is 4.82. The van der Waals surface area contributed by atoms with Crippen LogP contribution in [0.25, 0.3) is 0 Å². The van der Waals surface area contributed by atoms with E-state index in [-0.39, 0.29) is 0 Å². The van der Waals surface area contributed by atoms with E-state index >= 15 is 0 Å². The summed E-state index contributed by atoms with van der Waals surface area (Å²) in [5, 5.41) is 3.50. The molecule has 0 bridgehead atoms. The Labute approximate surface area is 111 Å². The third kappa shape index (κ3) is 2.55. The van der Waals surface area contributed by atoms with Crippen molar-refractivity contribution in [1.29, 1.82) is 0 Å². The predicted molar refractivity (Wildman–Crippen MR) is 72.8 cm³/mol. The minimum Gasteiger partial charge on any atom is -0.316 e. The highest BCUT2D eigenvalue weighted by molar-refractivity contribution is 9.10. The molecule has 2 aliphatic rings. The Morgan fingerprint density at radius 1 is 1.35 bits per heavy atom. The number of nitrogens with one attached hydrogen (secondary N) is 1. The summed E-state index contributed by atoms with van der Waals surface area (Å²) >= 11 is 3.43. The summed E-state index contributed by atoms with van der Waals surface area (Å²) in [6.45, 7) is 0. The Morgan fingerprint density at radius 3 is 2.71 bits per heavy atom. The van der Waals surface area contributed by atoms with E-state index in [1.807, 2.05) is 6.20 Å². The number of nitrogens with zero attached hydrogens (tertiary/aromatic N) is 1. The summed E-state index contributed by atoms with van der Waals surface area (Å²) in [5.74, 6) is 3.00. The summed E-state index contributed by atoms with van der Waals surface area (Å²) in [7, 11) is 2.09. The molecule has 3 rings (SSSR count). The van der Waals surface area contributed by atoms with E-state index in [9.17, 15) is 0 Å². The van der Waals surface area contributed by atoms with Crippen LogP contribution in [0.4, 0.5) is 0 Å². The molecule has 0 radical (unpaired) electrons. The largest absolute Gasteiger partial charge is 0.316 e. The smallest absolute Gasteiger partial charge is 0.0420 e. The van der Waals surface area contributed by atoms with E-state index in [0.717, 1.165) is 28.6 Å². The van der Waals surface area contributed by atoms with Crippen LogP contribution in [0.1, 0.15) is 25.0 Å². The molecular weight excluding hydrogens is 276 g/mol. The second kappa shape index (κ2) is 4.69. The van der Waals surface area contributed by atoms with Gasteiger partial charge in [-0.25, -0.2) is 0 Å². The molecule has 1 N–H and O–H groups in total. The van der Waals surface area contributed by atoms with Gasteiger partial charge in [0, 0.05) is 28.8 Å². The van der Waals surface area contributed by atoms with Gasteiger partial charge in [0.15, 0.2) is 0 Å². The predicted octanol–water partition coefficient (Wildman–Crippen LogP) is 3.02. The number of hydrogen-bond acceptors (Lipinski definition) is 2. The molecule has 3 atom stereocenters. The fourth-order valence-corrected chi connectivity index (χ4v) is 3.58. The monoisotopic (exact) mass is 294 g/mol. The fourth-order valence-electron chi connectivity index (χ4n) is 3.35. The van der Waals surface area contributed by atoms with Crippen molar-refractivity contribution in [2.45, 2.75) is 31.7 Å². The lowest BCUT2D eigenvalue weighted by molar-refractivity contribution is 0.347. The van der Waals surface area contributed by atoms with E-state index in [4.69, 9.17) is 0 Å². The number of aromatic nitrogens is 1.